The van der Waals surface area contributed by atoms with Crippen molar-refractivity contribution in [2.24, 2.45) is 0 Å². The minimum Gasteiger partial charge on any atom is -0.367 e. The molecule has 6 heteroatoms. The molecule has 2 aromatic carbocycles. The van der Waals surface area contributed by atoms with Crippen LogP contribution in [0.2, 0.25) is 0 Å². The van der Waals surface area contributed by atoms with E-state index < -0.39 is 0 Å². The summed E-state index contributed by atoms with van der Waals surface area (Å²) in [4.78, 5) is 25.3. The molecule has 0 amide bonds. The summed E-state index contributed by atoms with van der Waals surface area (Å²) in [6.45, 7) is 14.2. The molecular formula is C29H35N5O. The van der Waals surface area contributed by atoms with Crippen LogP contribution in [-0.4, -0.2) is 45.6 Å². The van der Waals surface area contributed by atoms with E-state index in [2.05, 4.69) is 78.0 Å². The number of anilines is 1. The fourth-order valence-electron chi connectivity index (χ4n) is 4.86. The molecule has 0 aliphatic carbocycles. The molecule has 1 aliphatic heterocycles. The molecule has 3 heterocycles. The topological polar surface area (TPSA) is 57.2 Å². The van der Waals surface area contributed by atoms with Crippen LogP contribution in [0.1, 0.15) is 38.8 Å². The number of nitrogens with zero attached hydrogens (tertiary/aromatic N) is 4. The molecule has 1 N–H and O–H groups in total. The maximum Gasteiger partial charge on any atom is 0.250 e. The zero-order valence-electron chi connectivity index (χ0n) is 21.2. The summed E-state index contributed by atoms with van der Waals surface area (Å²) in [5.41, 5.74) is 7.12. The number of aromatic amines is 1. The summed E-state index contributed by atoms with van der Waals surface area (Å²) in [6.07, 6.45) is 1.99. The fourth-order valence-corrected chi connectivity index (χ4v) is 4.86. The van der Waals surface area contributed by atoms with Gasteiger partial charge in [0.05, 0.1) is 11.2 Å². The van der Waals surface area contributed by atoms with Gasteiger partial charge in [0.25, 0.3) is 5.56 Å². The Kier molecular flexibility index (Phi) is 6.24. The van der Waals surface area contributed by atoms with Crippen LogP contribution in [0.4, 0.5) is 5.69 Å². The number of pyridine rings is 1. The molecule has 1 fully saturated rings. The molecule has 0 bridgehead atoms. The lowest BCUT2D eigenvalue weighted by Gasteiger charge is -2.36. The van der Waals surface area contributed by atoms with E-state index in [4.69, 9.17) is 4.98 Å². The van der Waals surface area contributed by atoms with Crippen molar-refractivity contribution in [3.8, 4) is 11.4 Å². The highest BCUT2D eigenvalue weighted by Gasteiger charge is 2.21. The first kappa shape index (κ1) is 23.4. The molecule has 0 unspecified atom stereocenters. The van der Waals surface area contributed by atoms with Gasteiger partial charge in [0.2, 0.25) is 0 Å². The van der Waals surface area contributed by atoms with E-state index in [0.29, 0.717) is 6.54 Å². The lowest BCUT2D eigenvalue weighted by Crippen LogP contribution is -2.46. The summed E-state index contributed by atoms with van der Waals surface area (Å²) < 4.78 is 1.78. The summed E-state index contributed by atoms with van der Waals surface area (Å²) in [7, 11) is 0. The van der Waals surface area contributed by atoms with Gasteiger partial charge in [0, 0.05) is 57.1 Å². The van der Waals surface area contributed by atoms with Crippen LogP contribution in [0.25, 0.3) is 22.4 Å². The maximum atomic E-state index is 11.9. The van der Waals surface area contributed by atoms with Gasteiger partial charge in [-0.3, -0.25) is 9.69 Å². The number of para-hydroxylation sites is 1. The first-order chi connectivity index (χ1) is 16.8. The zero-order valence-corrected chi connectivity index (χ0v) is 21.2. The third kappa shape index (κ3) is 4.89. The van der Waals surface area contributed by atoms with E-state index in [1.54, 1.807) is 10.6 Å². The van der Waals surface area contributed by atoms with Gasteiger partial charge in [-0.2, -0.15) is 0 Å². The third-order valence-corrected chi connectivity index (χ3v) is 7.02. The molecule has 1 aliphatic rings. The summed E-state index contributed by atoms with van der Waals surface area (Å²) in [6, 6.07) is 18.8. The highest BCUT2D eigenvalue weighted by atomic mass is 16.1. The number of hydrogen-bond donors (Lipinski definition) is 1. The molecule has 6 nitrogen and oxygen atoms in total. The standard InChI is InChI=1S/C29H35N5O/c1-5-33-20-21(9-14-26(33)35)19-32-15-17-34(18-16-32)25-8-6-7-24-27(25)31-28(30-24)22-10-12-23(13-11-22)29(2,3)4/h6-14,20H,5,15-19H2,1-4H3,(H,30,31). The first-order valence-electron chi connectivity index (χ1n) is 12.6. The highest BCUT2D eigenvalue weighted by molar-refractivity contribution is 5.91. The summed E-state index contributed by atoms with van der Waals surface area (Å²) in [5, 5.41) is 0. The van der Waals surface area contributed by atoms with Crippen molar-refractivity contribution in [1.82, 2.24) is 19.4 Å². The van der Waals surface area contributed by atoms with Gasteiger partial charge in [-0.05, 0) is 35.6 Å². The molecule has 35 heavy (non-hydrogen) atoms. The second-order valence-electron chi connectivity index (χ2n) is 10.5. The maximum absolute atomic E-state index is 11.9. The van der Waals surface area contributed by atoms with Gasteiger partial charge in [0.1, 0.15) is 11.3 Å². The lowest BCUT2D eigenvalue weighted by atomic mass is 9.87. The zero-order chi connectivity index (χ0) is 24.6. The smallest absolute Gasteiger partial charge is 0.250 e. The number of H-pyrrole nitrogens is 1. The van der Waals surface area contributed by atoms with Crippen molar-refractivity contribution in [1.29, 1.82) is 0 Å². The molecule has 0 saturated carbocycles. The van der Waals surface area contributed by atoms with Gasteiger partial charge in [0.15, 0.2) is 0 Å². The van der Waals surface area contributed by atoms with E-state index in [0.717, 1.165) is 55.1 Å². The van der Waals surface area contributed by atoms with Crippen LogP contribution in [0.3, 0.4) is 0 Å². The van der Waals surface area contributed by atoms with E-state index in [9.17, 15) is 4.79 Å². The number of imidazole rings is 1. The lowest BCUT2D eigenvalue weighted by molar-refractivity contribution is 0.249. The van der Waals surface area contributed by atoms with Crippen molar-refractivity contribution >= 4 is 16.7 Å². The van der Waals surface area contributed by atoms with Gasteiger partial charge in [-0.25, -0.2) is 4.98 Å². The summed E-state index contributed by atoms with van der Waals surface area (Å²) in [5.74, 6) is 0.914. The predicted octanol–water partition coefficient (Wildman–Crippen LogP) is 5.03. The average Bonchev–Trinajstić information content (AvgIpc) is 3.30. The Morgan fingerprint density at radius 2 is 1.69 bits per heavy atom. The number of aryl methyl sites for hydroxylation is 1. The quantitative estimate of drug-likeness (QED) is 0.445. The van der Waals surface area contributed by atoms with Crippen LogP contribution in [0.15, 0.2) is 65.6 Å². The van der Waals surface area contributed by atoms with Crippen LogP contribution in [0.5, 0.6) is 0 Å². The Morgan fingerprint density at radius 1 is 0.943 bits per heavy atom. The molecular weight excluding hydrogens is 434 g/mol. The number of benzene rings is 2. The van der Waals surface area contributed by atoms with E-state index >= 15 is 0 Å². The minimum atomic E-state index is 0.0673. The Balaban J connectivity index is 1.31. The number of hydrogen-bond acceptors (Lipinski definition) is 4. The van der Waals surface area contributed by atoms with Crippen LogP contribution < -0.4 is 10.5 Å². The molecule has 5 rings (SSSR count). The van der Waals surface area contributed by atoms with Gasteiger partial charge in [-0.15, -0.1) is 0 Å². The number of nitrogens with one attached hydrogen (secondary N) is 1. The van der Waals surface area contributed by atoms with Crippen LogP contribution >= 0.6 is 0 Å². The molecule has 0 radical (unpaired) electrons. The van der Waals surface area contributed by atoms with Crippen molar-refractivity contribution in [2.45, 2.75) is 46.2 Å². The Labute approximate surface area is 207 Å². The monoisotopic (exact) mass is 469 g/mol. The first-order valence-corrected chi connectivity index (χ1v) is 12.6. The van der Waals surface area contributed by atoms with Crippen molar-refractivity contribution in [2.75, 3.05) is 31.1 Å². The van der Waals surface area contributed by atoms with Crippen molar-refractivity contribution in [3.63, 3.8) is 0 Å². The van der Waals surface area contributed by atoms with Gasteiger partial charge >= 0.3 is 0 Å². The molecule has 0 spiro atoms. The number of piperazine rings is 1. The van der Waals surface area contributed by atoms with E-state index in [1.807, 2.05) is 19.2 Å². The Morgan fingerprint density at radius 3 is 2.37 bits per heavy atom. The molecule has 2 aromatic heterocycles. The van der Waals surface area contributed by atoms with Crippen LogP contribution in [-0.2, 0) is 18.5 Å². The highest BCUT2D eigenvalue weighted by Crippen LogP contribution is 2.30. The molecule has 4 aromatic rings. The number of rotatable bonds is 5. The second kappa shape index (κ2) is 9.34. The fraction of sp³-hybridized carbons (Fsp3) is 0.379. The SMILES string of the molecule is CCn1cc(CN2CCN(c3cccc4[nH]c(-c5ccc(C(C)(C)C)cc5)nc34)CC2)ccc1=O. The van der Waals surface area contributed by atoms with Crippen LogP contribution in [0, 0.1) is 0 Å². The number of fused-ring (bicyclic) bond motifs is 1. The third-order valence-electron chi connectivity index (χ3n) is 7.02. The molecule has 0 atom stereocenters. The van der Waals surface area contributed by atoms with Crippen molar-refractivity contribution in [3.05, 3.63) is 82.3 Å². The van der Waals surface area contributed by atoms with E-state index in [-0.39, 0.29) is 11.0 Å². The van der Waals surface area contributed by atoms with Gasteiger partial charge in [-0.1, -0.05) is 57.2 Å². The average molecular weight is 470 g/mol. The largest absolute Gasteiger partial charge is 0.367 e. The second-order valence-corrected chi connectivity index (χ2v) is 10.5. The number of aromatic nitrogens is 3. The predicted molar refractivity (Wildman–Crippen MR) is 144 cm³/mol. The molecule has 182 valence electrons. The minimum absolute atomic E-state index is 0.0673. The Hall–Kier alpha value is -3.38. The Bertz CT molecular complexity index is 1370. The summed E-state index contributed by atoms with van der Waals surface area (Å²) >= 11 is 0. The van der Waals surface area contributed by atoms with Gasteiger partial charge < -0.3 is 14.5 Å². The molecule has 1 saturated heterocycles. The van der Waals surface area contributed by atoms with Crippen molar-refractivity contribution < 1.29 is 0 Å². The van der Waals surface area contributed by atoms with E-state index in [1.165, 1.54) is 16.8 Å². The normalized spacial score (nSPS) is 15.1.